The molecule has 14 heavy (non-hydrogen) atoms. The summed E-state index contributed by atoms with van der Waals surface area (Å²) < 4.78 is 0. The minimum Gasteiger partial charge on any atom is -0.481 e. The molecule has 0 radical (unpaired) electrons. The van der Waals surface area contributed by atoms with Crippen LogP contribution in [0.15, 0.2) is 23.1 Å². The number of fused-ring (bicyclic) bond motifs is 1. The summed E-state index contributed by atoms with van der Waals surface area (Å²) in [5.41, 5.74) is 1.09. The van der Waals surface area contributed by atoms with Crippen molar-refractivity contribution in [3.8, 4) is 0 Å². The van der Waals surface area contributed by atoms with E-state index in [-0.39, 0.29) is 12.3 Å². The molecule has 0 saturated carbocycles. The number of benzene rings is 1. The van der Waals surface area contributed by atoms with Crippen molar-refractivity contribution in [3.05, 3.63) is 28.8 Å². The normalized spacial score (nSPS) is 19.4. The molecule has 1 aliphatic rings. The molecule has 0 spiro atoms. The molecule has 0 bridgehead atoms. The molecule has 2 rings (SSSR count). The molecule has 1 atom stereocenters. The lowest BCUT2D eigenvalue weighted by Crippen LogP contribution is -2.05. The Kier molecular flexibility index (Phi) is 2.70. The van der Waals surface area contributed by atoms with Crippen molar-refractivity contribution in [2.75, 3.05) is 5.75 Å². The molecule has 0 aliphatic carbocycles. The number of thioether (sulfide) groups is 1. The summed E-state index contributed by atoms with van der Waals surface area (Å²) in [6, 6.07) is 5.69. The van der Waals surface area contributed by atoms with Crippen LogP contribution in [-0.2, 0) is 4.79 Å². The van der Waals surface area contributed by atoms with E-state index in [2.05, 4.69) is 0 Å². The number of halogens is 1. The van der Waals surface area contributed by atoms with E-state index in [1.54, 1.807) is 11.8 Å². The molecular weight excluding hydrogens is 220 g/mol. The second kappa shape index (κ2) is 3.83. The third-order valence-corrected chi connectivity index (χ3v) is 3.76. The van der Waals surface area contributed by atoms with Crippen LogP contribution in [0, 0.1) is 0 Å². The molecule has 1 heterocycles. The molecule has 74 valence electrons. The number of carbonyl (C=O) groups is 1. The summed E-state index contributed by atoms with van der Waals surface area (Å²) in [7, 11) is 0. The first kappa shape index (κ1) is 9.87. The summed E-state index contributed by atoms with van der Waals surface area (Å²) in [5.74, 6) is 0.219. The van der Waals surface area contributed by atoms with Crippen LogP contribution in [0.5, 0.6) is 0 Å². The number of hydrogen-bond acceptors (Lipinski definition) is 2. The maximum Gasteiger partial charge on any atom is 0.303 e. The highest BCUT2D eigenvalue weighted by atomic mass is 35.5. The second-order valence-corrected chi connectivity index (χ2v) is 4.79. The van der Waals surface area contributed by atoms with Crippen LogP contribution in [0.2, 0.25) is 5.02 Å². The smallest absolute Gasteiger partial charge is 0.303 e. The van der Waals surface area contributed by atoms with Crippen molar-refractivity contribution in [2.45, 2.75) is 17.2 Å². The van der Waals surface area contributed by atoms with E-state index in [9.17, 15) is 4.79 Å². The van der Waals surface area contributed by atoms with Gasteiger partial charge in [-0.05, 0) is 23.8 Å². The summed E-state index contributed by atoms with van der Waals surface area (Å²) in [5, 5.41) is 9.41. The number of hydrogen-bond donors (Lipinski definition) is 1. The van der Waals surface area contributed by atoms with Gasteiger partial charge >= 0.3 is 5.97 Å². The van der Waals surface area contributed by atoms with Crippen molar-refractivity contribution >= 4 is 29.3 Å². The molecule has 0 fully saturated rings. The highest BCUT2D eigenvalue weighted by Crippen LogP contribution is 2.42. The Morgan fingerprint density at radius 1 is 1.64 bits per heavy atom. The third kappa shape index (κ3) is 1.88. The van der Waals surface area contributed by atoms with E-state index >= 15 is 0 Å². The topological polar surface area (TPSA) is 37.3 Å². The number of aliphatic carboxylic acids is 1. The van der Waals surface area contributed by atoms with Gasteiger partial charge in [0.25, 0.3) is 0 Å². The lowest BCUT2D eigenvalue weighted by atomic mass is 9.98. The van der Waals surface area contributed by atoms with E-state index < -0.39 is 5.97 Å². The van der Waals surface area contributed by atoms with Crippen molar-refractivity contribution in [1.82, 2.24) is 0 Å². The van der Waals surface area contributed by atoms with Gasteiger partial charge in [-0.1, -0.05) is 11.6 Å². The summed E-state index contributed by atoms with van der Waals surface area (Å²) in [6.45, 7) is 0. The van der Waals surface area contributed by atoms with Crippen molar-refractivity contribution < 1.29 is 9.90 Å². The van der Waals surface area contributed by atoms with Gasteiger partial charge in [0.05, 0.1) is 6.42 Å². The van der Waals surface area contributed by atoms with Crippen molar-refractivity contribution in [3.63, 3.8) is 0 Å². The highest BCUT2D eigenvalue weighted by molar-refractivity contribution is 7.99. The minimum absolute atomic E-state index is 0.117. The lowest BCUT2D eigenvalue weighted by Gasteiger charge is -2.06. The van der Waals surface area contributed by atoms with Crippen LogP contribution in [0.25, 0.3) is 0 Å². The molecule has 1 aliphatic heterocycles. The molecule has 1 unspecified atom stereocenters. The molecule has 0 amide bonds. The summed E-state index contributed by atoms with van der Waals surface area (Å²) in [6.07, 6.45) is 0.195. The number of carboxylic acids is 1. The fourth-order valence-corrected chi connectivity index (χ4v) is 3.04. The van der Waals surface area contributed by atoms with Gasteiger partial charge in [-0.3, -0.25) is 4.79 Å². The fourth-order valence-electron chi connectivity index (χ4n) is 1.63. The summed E-state index contributed by atoms with van der Waals surface area (Å²) in [4.78, 5) is 11.8. The van der Waals surface area contributed by atoms with E-state index in [1.807, 2.05) is 18.2 Å². The van der Waals surface area contributed by atoms with Gasteiger partial charge in [0, 0.05) is 21.6 Å². The average Bonchev–Trinajstić information content (AvgIpc) is 2.47. The molecule has 1 aromatic carbocycles. The average molecular weight is 229 g/mol. The first-order valence-corrected chi connectivity index (χ1v) is 5.67. The zero-order valence-corrected chi connectivity index (χ0v) is 8.94. The quantitative estimate of drug-likeness (QED) is 0.846. The Bertz CT molecular complexity index is 378. The zero-order valence-electron chi connectivity index (χ0n) is 7.37. The van der Waals surface area contributed by atoms with E-state index in [1.165, 1.54) is 4.90 Å². The molecule has 1 N–H and O–H groups in total. The van der Waals surface area contributed by atoms with Crippen LogP contribution in [0.1, 0.15) is 17.9 Å². The van der Waals surface area contributed by atoms with Gasteiger partial charge in [-0.25, -0.2) is 0 Å². The SMILES string of the molecule is O=C(O)CC1CSc2ccc(Cl)cc21. The first-order valence-electron chi connectivity index (χ1n) is 4.31. The zero-order chi connectivity index (χ0) is 10.1. The molecular formula is C10H9ClO2S. The van der Waals surface area contributed by atoms with E-state index in [4.69, 9.17) is 16.7 Å². The van der Waals surface area contributed by atoms with Crippen LogP contribution in [0.3, 0.4) is 0 Å². The maximum atomic E-state index is 10.6. The molecule has 0 aromatic heterocycles. The second-order valence-electron chi connectivity index (χ2n) is 3.29. The summed E-state index contributed by atoms with van der Waals surface area (Å²) >= 11 is 7.57. The van der Waals surface area contributed by atoms with Gasteiger partial charge in [-0.15, -0.1) is 11.8 Å². The molecule has 1 aromatic rings. The van der Waals surface area contributed by atoms with E-state index in [0.717, 1.165) is 11.3 Å². The first-order chi connectivity index (χ1) is 6.66. The molecule has 4 heteroatoms. The Balaban J connectivity index is 2.28. The van der Waals surface area contributed by atoms with Gasteiger partial charge in [0.15, 0.2) is 0 Å². The minimum atomic E-state index is -0.747. The number of carboxylic acid groups (broad SMARTS) is 1. The van der Waals surface area contributed by atoms with Gasteiger partial charge < -0.3 is 5.11 Å². The van der Waals surface area contributed by atoms with E-state index in [0.29, 0.717) is 5.02 Å². The molecule has 2 nitrogen and oxygen atoms in total. The van der Waals surface area contributed by atoms with Gasteiger partial charge in [0.1, 0.15) is 0 Å². The predicted molar refractivity (Wildman–Crippen MR) is 57.2 cm³/mol. The monoisotopic (exact) mass is 228 g/mol. The predicted octanol–water partition coefficient (Wildman–Crippen LogP) is 3.00. The largest absolute Gasteiger partial charge is 0.481 e. The fraction of sp³-hybridized carbons (Fsp3) is 0.300. The van der Waals surface area contributed by atoms with Crippen LogP contribution in [0.4, 0.5) is 0 Å². The Morgan fingerprint density at radius 2 is 2.43 bits per heavy atom. The number of rotatable bonds is 2. The van der Waals surface area contributed by atoms with Crippen LogP contribution >= 0.6 is 23.4 Å². The third-order valence-electron chi connectivity index (χ3n) is 2.27. The van der Waals surface area contributed by atoms with Crippen LogP contribution < -0.4 is 0 Å². The Labute approximate surface area is 91.3 Å². The maximum absolute atomic E-state index is 10.6. The Morgan fingerprint density at radius 3 is 3.14 bits per heavy atom. The lowest BCUT2D eigenvalue weighted by molar-refractivity contribution is -0.137. The van der Waals surface area contributed by atoms with Gasteiger partial charge in [-0.2, -0.15) is 0 Å². The standard InChI is InChI=1S/C10H9ClO2S/c11-7-1-2-9-8(4-7)6(5-14-9)3-10(12)13/h1-2,4,6H,3,5H2,(H,12,13). The Hall–Kier alpha value is -0.670. The van der Waals surface area contributed by atoms with Gasteiger partial charge in [0.2, 0.25) is 0 Å². The highest BCUT2D eigenvalue weighted by Gasteiger charge is 2.25. The van der Waals surface area contributed by atoms with Crippen molar-refractivity contribution in [1.29, 1.82) is 0 Å². The molecule has 0 saturated heterocycles. The van der Waals surface area contributed by atoms with Crippen molar-refractivity contribution in [2.24, 2.45) is 0 Å². The van der Waals surface area contributed by atoms with Crippen LogP contribution in [-0.4, -0.2) is 16.8 Å².